The van der Waals surface area contributed by atoms with Crippen LogP contribution >= 0.6 is 0 Å². The number of hydrogen-bond donors (Lipinski definition) is 2. The molecular weight excluding hydrogens is 388 g/mol. The number of primary sulfonamides is 1. The van der Waals surface area contributed by atoms with Gasteiger partial charge in [0.15, 0.2) is 5.82 Å². The highest BCUT2D eigenvalue weighted by Gasteiger charge is 2.12. The number of methoxy groups -OCH3 is 1. The van der Waals surface area contributed by atoms with E-state index in [1.165, 1.54) is 12.1 Å². The zero-order valence-electron chi connectivity index (χ0n) is 15.5. The van der Waals surface area contributed by atoms with Crippen LogP contribution in [0.25, 0.3) is 22.3 Å². The number of benzene rings is 3. The van der Waals surface area contributed by atoms with Gasteiger partial charge in [-0.25, -0.2) is 23.5 Å². The van der Waals surface area contributed by atoms with Gasteiger partial charge in [0.05, 0.1) is 17.5 Å². The van der Waals surface area contributed by atoms with Gasteiger partial charge in [0.2, 0.25) is 10.0 Å². The number of nitrogens with two attached hydrogens (primary N) is 1. The number of nitrogens with zero attached hydrogens (tertiary/aromatic N) is 2. The van der Waals surface area contributed by atoms with Gasteiger partial charge in [-0.05, 0) is 42.5 Å². The van der Waals surface area contributed by atoms with Gasteiger partial charge in [-0.3, -0.25) is 0 Å². The summed E-state index contributed by atoms with van der Waals surface area (Å²) in [6.07, 6.45) is 0. The molecule has 0 saturated carbocycles. The molecule has 3 aromatic carbocycles. The van der Waals surface area contributed by atoms with E-state index in [2.05, 4.69) is 15.3 Å². The number of para-hydroxylation sites is 1. The Labute approximate surface area is 168 Å². The van der Waals surface area contributed by atoms with Crippen LogP contribution in [0.15, 0.2) is 77.7 Å². The molecule has 146 valence electrons. The molecule has 0 aliphatic rings. The Kier molecular flexibility index (Phi) is 4.87. The lowest BCUT2D eigenvalue weighted by Gasteiger charge is -2.12. The van der Waals surface area contributed by atoms with Crippen LogP contribution in [-0.2, 0) is 10.0 Å². The second kappa shape index (κ2) is 7.50. The van der Waals surface area contributed by atoms with Crippen molar-refractivity contribution >= 4 is 32.4 Å². The molecule has 4 aromatic rings. The first-order valence-electron chi connectivity index (χ1n) is 8.75. The molecule has 0 aliphatic carbocycles. The topological polar surface area (TPSA) is 107 Å². The fourth-order valence-electron chi connectivity index (χ4n) is 2.95. The summed E-state index contributed by atoms with van der Waals surface area (Å²) >= 11 is 0. The summed E-state index contributed by atoms with van der Waals surface area (Å²) in [5.41, 5.74) is 2.11. The molecule has 0 fully saturated rings. The summed E-state index contributed by atoms with van der Waals surface area (Å²) < 4.78 is 28.6. The normalized spacial score (nSPS) is 11.4. The summed E-state index contributed by atoms with van der Waals surface area (Å²) in [5.74, 6) is 1.78. The second-order valence-corrected chi connectivity index (χ2v) is 7.90. The number of hydrogen-bond acceptors (Lipinski definition) is 6. The first-order valence-corrected chi connectivity index (χ1v) is 10.3. The van der Waals surface area contributed by atoms with Gasteiger partial charge >= 0.3 is 0 Å². The lowest BCUT2D eigenvalue weighted by molar-refractivity contribution is 0.415. The van der Waals surface area contributed by atoms with Gasteiger partial charge in [-0.15, -0.1) is 0 Å². The fraction of sp³-hybridized carbons (Fsp3) is 0.0476. The number of nitrogens with one attached hydrogen (secondary N) is 1. The molecule has 29 heavy (non-hydrogen) atoms. The van der Waals surface area contributed by atoms with Crippen LogP contribution in [0.1, 0.15) is 0 Å². The molecule has 0 unspecified atom stereocenters. The third kappa shape index (κ3) is 4.03. The SMILES string of the molecule is COc1cccc(-c2nc(Nc3cccc(S(N)(=O)=O)c3)c3ccccc3n2)c1. The van der Waals surface area contributed by atoms with Gasteiger partial charge in [-0.1, -0.05) is 30.3 Å². The predicted octanol–water partition coefficient (Wildman–Crippen LogP) is 3.70. The average molecular weight is 406 g/mol. The van der Waals surface area contributed by atoms with Crippen molar-refractivity contribution in [2.45, 2.75) is 4.90 Å². The third-order valence-electron chi connectivity index (χ3n) is 4.36. The molecule has 0 atom stereocenters. The number of anilines is 2. The van der Waals surface area contributed by atoms with E-state index in [9.17, 15) is 8.42 Å². The van der Waals surface area contributed by atoms with Crippen LogP contribution in [0.4, 0.5) is 11.5 Å². The minimum absolute atomic E-state index is 0.0221. The molecule has 7 nitrogen and oxygen atoms in total. The predicted molar refractivity (Wildman–Crippen MR) is 113 cm³/mol. The maximum Gasteiger partial charge on any atom is 0.238 e. The van der Waals surface area contributed by atoms with Gasteiger partial charge < -0.3 is 10.1 Å². The second-order valence-electron chi connectivity index (χ2n) is 6.34. The molecule has 1 aromatic heterocycles. The lowest BCUT2D eigenvalue weighted by Crippen LogP contribution is -2.12. The van der Waals surface area contributed by atoms with Crippen molar-refractivity contribution in [2.75, 3.05) is 12.4 Å². The minimum Gasteiger partial charge on any atom is -0.497 e. The van der Waals surface area contributed by atoms with Gasteiger partial charge in [0.25, 0.3) is 0 Å². The van der Waals surface area contributed by atoms with Crippen molar-refractivity contribution < 1.29 is 13.2 Å². The Morgan fingerprint density at radius 2 is 1.72 bits per heavy atom. The van der Waals surface area contributed by atoms with E-state index >= 15 is 0 Å². The Morgan fingerprint density at radius 1 is 0.931 bits per heavy atom. The van der Waals surface area contributed by atoms with E-state index in [4.69, 9.17) is 9.88 Å². The summed E-state index contributed by atoms with van der Waals surface area (Å²) in [6, 6.07) is 21.3. The number of fused-ring (bicyclic) bond motifs is 1. The maximum atomic E-state index is 11.7. The Bertz CT molecular complexity index is 1310. The molecular formula is C21H18N4O3S. The van der Waals surface area contributed by atoms with Crippen LogP contribution in [0, 0.1) is 0 Å². The zero-order chi connectivity index (χ0) is 20.4. The largest absolute Gasteiger partial charge is 0.497 e. The maximum absolute atomic E-state index is 11.7. The first-order chi connectivity index (χ1) is 13.9. The van der Waals surface area contributed by atoms with E-state index in [0.29, 0.717) is 23.1 Å². The molecule has 3 N–H and O–H groups in total. The Morgan fingerprint density at radius 3 is 2.52 bits per heavy atom. The minimum atomic E-state index is -3.81. The molecule has 4 rings (SSSR count). The van der Waals surface area contributed by atoms with Crippen LogP contribution in [0.2, 0.25) is 0 Å². The fourth-order valence-corrected chi connectivity index (χ4v) is 3.51. The van der Waals surface area contributed by atoms with E-state index in [0.717, 1.165) is 16.5 Å². The highest BCUT2D eigenvalue weighted by molar-refractivity contribution is 7.89. The van der Waals surface area contributed by atoms with Crippen molar-refractivity contribution in [2.24, 2.45) is 5.14 Å². The highest BCUT2D eigenvalue weighted by atomic mass is 32.2. The van der Waals surface area contributed by atoms with Crippen LogP contribution in [-0.4, -0.2) is 25.5 Å². The molecule has 1 heterocycles. The summed E-state index contributed by atoms with van der Waals surface area (Å²) in [4.78, 5) is 9.35. The van der Waals surface area contributed by atoms with Gasteiger partial charge in [-0.2, -0.15) is 0 Å². The molecule has 8 heteroatoms. The van der Waals surface area contributed by atoms with Gasteiger partial charge in [0, 0.05) is 16.6 Å². The molecule has 0 amide bonds. The number of ether oxygens (including phenoxy) is 1. The Balaban J connectivity index is 1.83. The highest BCUT2D eigenvalue weighted by Crippen LogP contribution is 2.29. The molecule has 0 spiro atoms. The standard InChI is InChI=1S/C21H18N4O3S/c1-28-16-8-4-6-14(12-16)20-24-19-11-3-2-10-18(19)21(25-20)23-15-7-5-9-17(13-15)29(22,26)27/h2-13H,1H3,(H2,22,26,27)(H,23,24,25). The van der Waals surface area contributed by atoms with Crippen molar-refractivity contribution in [1.82, 2.24) is 9.97 Å². The number of sulfonamides is 1. The van der Waals surface area contributed by atoms with Crippen molar-refractivity contribution in [3.05, 3.63) is 72.8 Å². The number of rotatable bonds is 5. The summed E-state index contributed by atoms with van der Waals surface area (Å²) in [7, 11) is -2.20. The van der Waals surface area contributed by atoms with E-state index < -0.39 is 10.0 Å². The quantitative estimate of drug-likeness (QED) is 0.523. The van der Waals surface area contributed by atoms with E-state index in [1.54, 1.807) is 19.2 Å². The van der Waals surface area contributed by atoms with Crippen molar-refractivity contribution in [3.8, 4) is 17.1 Å². The number of aromatic nitrogens is 2. The van der Waals surface area contributed by atoms with Crippen molar-refractivity contribution in [1.29, 1.82) is 0 Å². The zero-order valence-corrected chi connectivity index (χ0v) is 16.3. The average Bonchev–Trinajstić information content (AvgIpc) is 2.73. The molecule has 0 saturated heterocycles. The van der Waals surface area contributed by atoms with Crippen molar-refractivity contribution in [3.63, 3.8) is 0 Å². The molecule has 0 aliphatic heterocycles. The van der Waals surface area contributed by atoms with Crippen LogP contribution in [0.3, 0.4) is 0 Å². The first kappa shape index (κ1) is 18.9. The molecule has 0 bridgehead atoms. The molecule has 0 radical (unpaired) electrons. The van der Waals surface area contributed by atoms with Gasteiger partial charge in [0.1, 0.15) is 11.6 Å². The lowest BCUT2D eigenvalue weighted by atomic mass is 10.1. The Hall–Kier alpha value is -3.49. The monoisotopic (exact) mass is 406 g/mol. The van der Waals surface area contributed by atoms with E-state index in [1.807, 2.05) is 48.5 Å². The van der Waals surface area contributed by atoms with Crippen LogP contribution < -0.4 is 15.2 Å². The van der Waals surface area contributed by atoms with Crippen LogP contribution in [0.5, 0.6) is 5.75 Å². The summed E-state index contributed by atoms with van der Waals surface area (Å²) in [5, 5.41) is 9.25. The third-order valence-corrected chi connectivity index (χ3v) is 5.27. The summed E-state index contributed by atoms with van der Waals surface area (Å²) in [6.45, 7) is 0. The van der Waals surface area contributed by atoms with E-state index in [-0.39, 0.29) is 4.90 Å². The smallest absolute Gasteiger partial charge is 0.238 e.